The highest BCUT2D eigenvalue weighted by molar-refractivity contribution is 7.07. The summed E-state index contributed by atoms with van der Waals surface area (Å²) in [5.41, 5.74) is 2.04. The van der Waals surface area contributed by atoms with Crippen LogP contribution in [0.3, 0.4) is 0 Å². The number of aromatic carboxylic acids is 1. The van der Waals surface area contributed by atoms with Crippen molar-refractivity contribution in [2.24, 2.45) is 4.99 Å². The van der Waals surface area contributed by atoms with Gasteiger partial charge in [-0.2, -0.15) is 0 Å². The predicted octanol–water partition coefficient (Wildman–Crippen LogP) is 2.51. The third-order valence-electron chi connectivity index (χ3n) is 5.40. The van der Waals surface area contributed by atoms with Gasteiger partial charge in [-0.25, -0.2) is 14.6 Å². The van der Waals surface area contributed by atoms with E-state index >= 15 is 0 Å². The molecule has 3 aromatic rings. The number of hydrogen-bond acceptors (Lipinski definition) is 7. The van der Waals surface area contributed by atoms with Gasteiger partial charge in [-0.1, -0.05) is 35.6 Å². The second-order valence-electron chi connectivity index (χ2n) is 7.50. The van der Waals surface area contributed by atoms with Crippen LogP contribution in [0.25, 0.3) is 6.08 Å². The summed E-state index contributed by atoms with van der Waals surface area (Å²) in [6, 6.07) is 12.7. The first-order valence-corrected chi connectivity index (χ1v) is 11.3. The first-order valence-electron chi connectivity index (χ1n) is 10.5. The van der Waals surface area contributed by atoms with Crippen LogP contribution >= 0.6 is 11.3 Å². The third kappa shape index (κ3) is 4.29. The molecule has 1 unspecified atom stereocenters. The molecule has 1 aliphatic heterocycles. The number of carboxylic acid groups (broad SMARTS) is 1. The van der Waals surface area contributed by atoms with Gasteiger partial charge in [-0.05, 0) is 55.3 Å². The van der Waals surface area contributed by atoms with Crippen LogP contribution < -0.4 is 19.6 Å². The minimum atomic E-state index is -1.02. The van der Waals surface area contributed by atoms with Crippen LogP contribution in [-0.2, 0) is 9.53 Å². The number of fused-ring (bicyclic) bond motifs is 1. The van der Waals surface area contributed by atoms with Gasteiger partial charge in [0.15, 0.2) is 4.80 Å². The van der Waals surface area contributed by atoms with Crippen LogP contribution in [0.4, 0.5) is 0 Å². The average molecular weight is 479 g/mol. The molecule has 8 nitrogen and oxygen atoms in total. The zero-order valence-corrected chi connectivity index (χ0v) is 19.6. The Balaban J connectivity index is 1.90. The SMILES string of the molecule is CCOC(=O)C1=C(C)N=c2s/c(=C\c3ccc(C(=O)O)cc3)c(=O)n2C1c1ccc(OC)cc1. The van der Waals surface area contributed by atoms with Crippen LogP contribution in [0.1, 0.15) is 41.4 Å². The summed E-state index contributed by atoms with van der Waals surface area (Å²) in [5.74, 6) is -0.894. The minimum Gasteiger partial charge on any atom is -0.497 e. The Morgan fingerprint density at radius 1 is 1.15 bits per heavy atom. The first kappa shape index (κ1) is 23.2. The van der Waals surface area contributed by atoms with E-state index in [1.165, 1.54) is 28.0 Å². The number of hydrogen-bond donors (Lipinski definition) is 1. The lowest BCUT2D eigenvalue weighted by atomic mass is 9.96. The largest absolute Gasteiger partial charge is 0.497 e. The van der Waals surface area contributed by atoms with Crippen molar-refractivity contribution in [3.63, 3.8) is 0 Å². The Labute approximate surface area is 198 Å². The first-order chi connectivity index (χ1) is 16.3. The molecule has 0 saturated heterocycles. The predicted molar refractivity (Wildman–Crippen MR) is 127 cm³/mol. The number of carboxylic acids is 1. The number of carbonyl (C=O) groups is 2. The normalized spacial score (nSPS) is 15.5. The number of allylic oxidation sites excluding steroid dienone is 1. The van der Waals surface area contributed by atoms with Crippen LogP contribution in [0.15, 0.2) is 69.6 Å². The zero-order chi connectivity index (χ0) is 24.4. The van der Waals surface area contributed by atoms with Gasteiger partial charge in [0.1, 0.15) is 5.75 Å². The molecule has 0 radical (unpaired) electrons. The quantitative estimate of drug-likeness (QED) is 0.546. The molecule has 2 heterocycles. The smallest absolute Gasteiger partial charge is 0.338 e. The fourth-order valence-electron chi connectivity index (χ4n) is 3.77. The summed E-state index contributed by atoms with van der Waals surface area (Å²) in [4.78, 5) is 42.5. The summed E-state index contributed by atoms with van der Waals surface area (Å²) in [7, 11) is 1.56. The molecule has 174 valence electrons. The average Bonchev–Trinajstić information content (AvgIpc) is 3.13. The monoisotopic (exact) mass is 478 g/mol. The van der Waals surface area contributed by atoms with Crippen molar-refractivity contribution in [2.75, 3.05) is 13.7 Å². The number of methoxy groups -OCH3 is 1. The summed E-state index contributed by atoms with van der Waals surface area (Å²) in [5, 5.41) is 9.10. The van der Waals surface area contributed by atoms with Crippen molar-refractivity contribution in [1.29, 1.82) is 0 Å². The number of carbonyl (C=O) groups excluding carboxylic acids is 1. The van der Waals surface area contributed by atoms with Crippen molar-refractivity contribution in [3.05, 3.63) is 96.2 Å². The van der Waals surface area contributed by atoms with E-state index in [-0.39, 0.29) is 17.7 Å². The van der Waals surface area contributed by atoms with Gasteiger partial charge >= 0.3 is 11.9 Å². The molecule has 9 heteroatoms. The molecule has 4 rings (SSSR count). The summed E-state index contributed by atoms with van der Waals surface area (Å²) in [6.07, 6.45) is 1.68. The van der Waals surface area contributed by atoms with Crippen molar-refractivity contribution in [2.45, 2.75) is 19.9 Å². The Morgan fingerprint density at radius 3 is 2.41 bits per heavy atom. The van der Waals surface area contributed by atoms with E-state index in [2.05, 4.69) is 4.99 Å². The summed E-state index contributed by atoms with van der Waals surface area (Å²) in [6.45, 7) is 3.65. The van der Waals surface area contributed by atoms with Gasteiger partial charge in [-0.3, -0.25) is 9.36 Å². The number of aromatic nitrogens is 1. The van der Waals surface area contributed by atoms with Crippen LogP contribution in [0, 0.1) is 0 Å². The molecule has 0 amide bonds. The van der Waals surface area contributed by atoms with Gasteiger partial charge in [0.25, 0.3) is 5.56 Å². The molecule has 0 fully saturated rings. The lowest BCUT2D eigenvalue weighted by Crippen LogP contribution is -2.39. The van der Waals surface area contributed by atoms with Crippen LogP contribution in [0.2, 0.25) is 0 Å². The topological polar surface area (TPSA) is 107 Å². The molecule has 1 N–H and O–H groups in total. The van der Waals surface area contributed by atoms with Crippen molar-refractivity contribution >= 4 is 29.4 Å². The zero-order valence-electron chi connectivity index (χ0n) is 18.8. The van der Waals surface area contributed by atoms with Gasteiger partial charge in [0, 0.05) is 0 Å². The molecule has 1 aliphatic rings. The number of esters is 1. The van der Waals surface area contributed by atoms with Crippen molar-refractivity contribution in [1.82, 2.24) is 4.57 Å². The van der Waals surface area contributed by atoms with E-state index in [0.717, 1.165) is 5.56 Å². The van der Waals surface area contributed by atoms with Crippen molar-refractivity contribution in [3.8, 4) is 5.75 Å². The third-order valence-corrected chi connectivity index (χ3v) is 6.39. The van der Waals surface area contributed by atoms with E-state index < -0.39 is 18.0 Å². The number of nitrogens with zero attached hydrogens (tertiary/aromatic N) is 2. The molecular weight excluding hydrogens is 456 g/mol. The van der Waals surface area contributed by atoms with Crippen molar-refractivity contribution < 1.29 is 24.2 Å². The van der Waals surface area contributed by atoms with Gasteiger partial charge in [0.05, 0.1) is 41.1 Å². The molecule has 1 atom stereocenters. The molecule has 2 aromatic carbocycles. The summed E-state index contributed by atoms with van der Waals surface area (Å²) < 4.78 is 12.5. The van der Waals surface area contributed by atoms with Gasteiger partial charge in [-0.15, -0.1) is 0 Å². The highest BCUT2D eigenvalue weighted by Crippen LogP contribution is 2.31. The Hall–Kier alpha value is -3.98. The lowest BCUT2D eigenvalue weighted by Gasteiger charge is -2.24. The molecule has 1 aromatic heterocycles. The Morgan fingerprint density at radius 2 is 1.82 bits per heavy atom. The van der Waals surface area contributed by atoms with E-state index in [1.807, 2.05) is 12.1 Å². The summed E-state index contributed by atoms with van der Waals surface area (Å²) >= 11 is 1.21. The number of ether oxygens (including phenoxy) is 2. The minimum absolute atomic E-state index is 0.160. The molecule has 0 saturated carbocycles. The van der Waals surface area contributed by atoms with Crippen LogP contribution in [-0.4, -0.2) is 35.3 Å². The number of benzene rings is 2. The maximum absolute atomic E-state index is 13.5. The molecule has 0 aliphatic carbocycles. The van der Waals surface area contributed by atoms with Gasteiger partial charge < -0.3 is 14.6 Å². The Kier molecular flexibility index (Phi) is 6.47. The molecule has 0 spiro atoms. The highest BCUT2D eigenvalue weighted by atomic mass is 32.1. The maximum Gasteiger partial charge on any atom is 0.338 e. The molecule has 34 heavy (non-hydrogen) atoms. The Bertz CT molecular complexity index is 1460. The maximum atomic E-state index is 13.5. The second kappa shape index (κ2) is 9.48. The van der Waals surface area contributed by atoms with Gasteiger partial charge in [0.2, 0.25) is 0 Å². The van der Waals surface area contributed by atoms with E-state index in [1.54, 1.807) is 51.3 Å². The highest BCUT2D eigenvalue weighted by Gasteiger charge is 2.33. The fraction of sp³-hybridized carbons (Fsp3) is 0.200. The van der Waals surface area contributed by atoms with E-state index in [4.69, 9.17) is 14.6 Å². The molecular formula is C25H22N2O6S. The number of rotatable bonds is 6. The number of thiazole rings is 1. The fourth-order valence-corrected chi connectivity index (χ4v) is 4.81. The van der Waals surface area contributed by atoms with Crippen LogP contribution in [0.5, 0.6) is 5.75 Å². The lowest BCUT2D eigenvalue weighted by molar-refractivity contribution is -0.139. The standard InChI is InChI=1S/C25H22N2O6S/c1-4-33-24(31)20-14(2)26-25-27(21(20)16-9-11-18(32-3)12-10-16)22(28)19(34-25)13-15-5-7-17(8-6-15)23(29)30/h5-13,21H,4H2,1-3H3,(H,29,30)/b19-13-. The van der Waals surface area contributed by atoms with E-state index in [9.17, 15) is 14.4 Å². The second-order valence-corrected chi connectivity index (χ2v) is 8.51. The van der Waals surface area contributed by atoms with E-state index in [0.29, 0.717) is 31.9 Å². The molecule has 0 bridgehead atoms.